The van der Waals surface area contributed by atoms with Gasteiger partial charge in [0.25, 0.3) is 0 Å². The minimum atomic E-state index is 0.251. The van der Waals surface area contributed by atoms with Gasteiger partial charge in [-0.05, 0) is 49.6 Å². The van der Waals surface area contributed by atoms with Crippen LogP contribution in [0.2, 0.25) is 0 Å². The Bertz CT molecular complexity index is 940. The Kier molecular flexibility index (Phi) is 7.15. The summed E-state index contributed by atoms with van der Waals surface area (Å²) in [4.78, 5) is 6.47. The first kappa shape index (κ1) is 21.0. The Hall–Kier alpha value is -2.22. The molecule has 0 aliphatic carbocycles. The quantitative estimate of drug-likeness (QED) is 0.483. The summed E-state index contributed by atoms with van der Waals surface area (Å²) >= 11 is 1.75. The molecule has 0 saturated carbocycles. The smallest absolute Gasteiger partial charge is 0.191 e. The minimum Gasteiger partial charge on any atom is -0.376 e. The number of hydrogen-bond donors (Lipinski definition) is 0. The van der Waals surface area contributed by atoms with Gasteiger partial charge in [0.2, 0.25) is 0 Å². The van der Waals surface area contributed by atoms with Crippen LogP contribution in [0.25, 0.3) is 0 Å². The second-order valence-corrected chi connectivity index (χ2v) is 8.84. The normalized spacial score (nSPS) is 16.4. The zero-order chi connectivity index (χ0) is 20.8. The van der Waals surface area contributed by atoms with Gasteiger partial charge in [0.15, 0.2) is 5.16 Å². The zero-order valence-corrected chi connectivity index (χ0v) is 18.5. The van der Waals surface area contributed by atoms with Crippen molar-refractivity contribution in [3.05, 3.63) is 71.3 Å². The molecule has 1 fully saturated rings. The van der Waals surface area contributed by atoms with Crippen LogP contribution >= 0.6 is 11.8 Å². The van der Waals surface area contributed by atoms with Gasteiger partial charge >= 0.3 is 0 Å². The standard InChI is InChI=1S/C23H29N5OS/c1-18-7-3-4-9-20(18)17-30-23-26-25-22(28(23)15-21-10-6-12-29-21)16-27(2)14-19-8-5-11-24-13-19/h3-5,7-9,11,13,21H,6,10,12,14-17H2,1-2H3/t21-/m1/s1. The third kappa shape index (κ3) is 5.47. The summed E-state index contributed by atoms with van der Waals surface area (Å²) in [6.07, 6.45) is 6.21. The van der Waals surface area contributed by atoms with Crippen molar-refractivity contribution < 1.29 is 4.74 Å². The average molecular weight is 424 g/mol. The molecule has 3 heterocycles. The highest BCUT2D eigenvalue weighted by atomic mass is 32.2. The van der Waals surface area contributed by atoms with Crippen LogP contribution in [0.1, 0.15) is 35.4 Å². The van der Waals surface area contributed by atoms with Crippen molar-refractivity contribution in [3.8, 4) is 0 Å². The number of rotatable bonds is 9. The molecule has 1 atom stereocenters. The molecule has 3 aromatic rings. The number of benzene rings is 1. The predicted octanol–water partition coefficient (Wildman–Crippen LogP) is 4.08. The summed E-state index contributed by atoms with van der Waals surface area (Å²) in [5.74, 6) is 1.88. The number of pyridine rings is 1. The van der Waals surface area contributed by atoms with E-state index in [0.717, 1.165) is 55.8 Å². The van der Waals surface area contributed by atoms with Crippen molar-refractivity contribution in [2.24, 2.45) is 0 Å². The molecule has 0 bridgehead atoms. The van der Waals surface area contributed by atoms with Crippen molar-refractivity contribution in [3.63, 3.8) is 0 Å². The lowest BCUT2D eigenvalue weighted by Crippen LogP contribution is -2.23. The Morgan fingerprint density at radius 1 is 1.17 bits per heavy atom. The molecule has 4 rings (SSSR count). The highest BCUT2D eigenvalue weighted by molar-refractivity contribution is 7.98. The fourth-order valence-electron chi connectivity index (χ4n) is 3.73. The lowest BCUT2D eigenvalue weighted by atomic mass is 10.1. The third-order valence-electron chi connectivity index (χ3n) is 5.41. The van der Waals surface area contributed by atoms with Crippen molar-refractivity contribution in [1.29, 1.82) is 0 Å². The molecule has 1 aliphatic heterocycles. The molecule has 158 valence electrons. The van der Waals surface area contributed by atoms with E-state index in [2.05, 4.69) is 69.0 Å². The summed E-state index contributed by atoms with van der Waals surface area (Å²) in [5.41, 5.74) is 3.84. The van der Waals surface area contributed by atoms with E-state index in [1.165, 1.54) is 16.7 Å². The monoisotopic (exact) mass is 423 g/mol. The number of aryl methyl sites for hydroxylation is 1. The number of nitrogens with zero attached hydrogens (tertiary/aromatic N) is 5. The minimum absolute atomic E-state index is 0.251. The van der Waals surface area contributed by atoms with Gasteiger partial charge in [-0.2, -0.15) is 0 Å². The molecular formula is C23H29N5OS. The molecule has 0 radical (unpaired) electrons. The van der Waals surface area contributed by atoms with E-state index in [0.29, 0.717) is 0 Å². The summed E-state index contributed by atoms with van der Waals surface area (Å²) in [5, 5.41) is 10.1. The van der Waals surface area contributed by atoms with Crippen LogP contribution in [-0.4, -0.2) is 44.4 Å². The summed E-state index contributed by atoms with van der Waals surface area (Å²) in [7, 11) is 2.11. The van der Waals surface area contributed by atoms with Crippen molar-refractivity contribution in [2.75, 3.05) is 13.7 Å². The SMILES string of the molecule is Cc1ccccc1CSc1nnc(CN(C)Cc2cccnc2)n1C[C@H]1CCCO1. The molecular weight excluding hydrogens is 394 g/mol. The van der Waals surface area contributed by atoms with E-state index in [4.69, 9.17) is 4.74 Å². The van der Waals surface area contributed by atoms with Gasteiger partial charge in [-0.3, -0.25) is 9.88 Å². The fourth-order valence-corrected chi connectivity index (χ4v) is 4.78. The molecule has 0 N–H and O–H groups in total. The highest BCUT2D eigenvalue weighted by Crippen LogP contribution is 2.26. The van der Waals surface area contributed by atoms with Crippen molar-refractivity contribution in [2.45, 2.75) is 56.4 Å². The molecule has 0 spiro atoms. The molecule has 7 heteroatoms. The largest absolute Gasteiger partial charge is 0.376 e. The maximum absolute atomic E-state index is 5.91. The molecule has 0 unspecified atom stereocenters. The van der Waals surface area contributed by atoms with Crippen LogP contribution in [0, 0.1) is 6.92 Å². The van der Waals surface area contributed by atoms with Gasteiger partial charge < -0.3 is 9.30 Å². The lowest BCUT2D eigenvalue weighted by molar-refractivity contribution is 0.0934. The maximum Gasteiger partial charge on any atom is 0.191 e. The number of thioether (sulfide) groups is 1. The highest BCUT2D eigenvalue weighted by Gasteiger charge is 2.22. The van der Waals surface area contributed by atoms with Crippen LogP contribution in [0.15, 0.2) is 53.9 Å². The van der Waals surface area contributed by atoms with Gasteiger partial charge in [-0.25, -0.2) is 0 Å². The Labute approximate surface area is 182 Å². The summed E-state index contributed by atoms with van der Waals surface area (Å²) < 4.78 is 8.17. The molecule has 1 saturated heterocycles. The summed E-state index contributed by atoms with van der Waals surface area (Å²) in [6.45, 7) is 5.39. The molecule has 30 heavy (non-hydrogen) atoms. The van der Waals surface area contributed by atoms with Gasteiger partial charge in [0, 0.05) is 31.3 Å². The number of hydrogen-bond acceptors (Lipinski definition) is 6. The first-order valence-electron chi connectivity index (χ1n) is 10.5. The first-order chi connectivity index (χ1) is 14.7. The molecule has 1 aliphatic rings. The predicted molar refractivity (Wildman–Crippen MR) is 119 cm³/mol. The van der Waals surface area contributed by atoms with Gasteiger partial charge in [-0.1, -0.05) is 42.1 Å². The third-order valence-corrected chi connectivity index (χ3v) is 6.42. The van der Waals surface area contributed by atoms with Crippen LogP contribution in [0.3, 0.4) is 0 Å². The molecule has 6 nitrogen and oxygen atoms in total. The van der Waals surface area contributed by atoms with E-state index in [1.54, 1.807) is 18.0 Å². The van der Waals surface area contributed by atoms with E-state index < -0.39 is 0 Å². The lowest BCUT2D eigenvalue weighted by Gasteiger charge is -2.19. The Morgan fingerprint density at radius 3 is 2.83 bits per heavy atom. The molecule has 2 aromatic heterocycles. The van der Waals surface area contributed by atoms with E-state index >= 15 is 0 Å². The molecule has 1 aromatic carbocycles. The van der Waals surface area contributed by atoms with E-state index in [1.807, 2.05) is 12.3 Å². The maximum atomic E-state index is 5.91. The topological polar surface area (TPSA) is 56.1 Å². The first-order valence-corrected chi connectivity index (χ1v) is 11.5. The van der Waals surface area contributed by atoms with Crippen LogP contribution in [0.5, 0.6) is 0 Å². The van der Waals surface area contributed by atoms with E-state index in [-0.39, 0.29) is 6.10 Å². The van der Waals surface area contributed by atoms with Gasteiger partial charge in [0.1, 0.15) is 5.82 Å². The van der Waals surface area contributed by atoms with Crippen molar-refractivity contribution in [1.82, 2.24) is 24.6 Å². The Balaban J connectivity index is 1.48. The van der Waals surface area contributed by atoms with E-state index in [9.17, 15) is 0 Å². The second-order valence-electron chi connectivity index (χ2n) is 7.89. The Morgan fingerprint density at radius 2 is 2.07 bits per heavy atom. The average Bonchev–Trinajstić information content (AvgIpc) is 3.39. The van der Waals surface area contributed by atoms with Crippen LogP contribution < -0.4 is 0 Å². The second kappa shape index (κ2) is 10.2. The van der Waals surface area contributed by atoms with Gasteiger partial charge in [-0.15, -0.1) is 10.2 Å². The van der Waals surface area contributed by atoms with Crippen molar-refractivity contribution >= 4 is 11.8 Å². The molecule has 0 amide bonds. The number of ether oxygens (including phenoxy) is 1. The van der Waals surface area contributed by atoms with Gasteiger partial charge in [0.05, 0.1) is 19.2 Å². The number of aromatic nitrogens is 4. The zero-order valence-electron chi connectivity index (χ0n) is 17.7. The fraction of sp³-hybridized carbons (Fsp3) is 0.435. The summed E-state index contributed by atoms with van der Waals surface area (Å²) in [6, 6.07) is 12.6. The van der Waals surface area contributed by atoms with Crippen LogP contribution in [-0.2, 0) is 30.1 Å². The van der Waals surface area contributed by atoms with Crippen LogP contribution in [0.4, 0.5) is 0 Å².